The van der Waals surface area contributed by atoms with E-state index in [1.54, 1.807) is 19.1 Å². The van der Waals surface area contributed by atoms with Gasteiger partial charge in [0.15, 0.2) is 6.10 Å². The SMILES string of the molecule is Cc1cc(O[C@H](C)C(=O)Nc2ccc(F)cc2)cc(C)c1Cl. The largest absolute Gasteiger partial charge is 0.481 e. The first-order valence-corrected chi connectivity index (χ1v) is 7.24. The Balaban J connectivity index is 2.03. The summed E-state index contributed by atoms with van der Waals surface area (Å²) >= 11 is 6.10. The number of hydrogen-bond acceptors (Lipinski definition) is 2. The van der Waals surface area contributed by atoms with Crippen molar-refractivity contribution in [3.05, 3.63) is 58.4 Å². The molecule has 0 heterocycles. The number of carbonyl (C=O) groups excluding carboxylic acids is 1. The monoisotopic (exact) mass is 321 g/mol. The van der Waals surface area contributed by atoms with E-state index in [0.29, 0.717) is 16.5 Å². The van der Waals surface area contributed by atoms with Gasteiger partial charge < -0.3 is 10.1 Å². The molecule has 0 aromatic heterocycles. The maximum Gasteiger partial charge on any atom is 0.265 e. The van der Waals surface area contributed by atoms with E-state index in [-0.39, 0.29) is 11.7 Å². The first-order chi connectivity index (χ1) is 10.4. The van der Waals surface area contributed by atoms with Crippen molar-refractivity contribution in [3.63, 3.8) is 0 Å². The highest BCUT2D eigenvalue weighted by Gasteiger charge is 2.16. The van der Waals surface area contributed by atoms with Crippen LogP contribution in [0, 0.1) is 19.7 Å². The van der Waals surface area contributed by atoms with Crippen LogP contribution in [0.5, 0.6) is 5.75 Å². The molecule has 0 bridgehead atoms. The van der Waals surface area contributed by atoms with Crippen LogP contribution in [0.3, 0.4) is 0 Å². The molecule has 0 saturated heterocycles. The summed E-state index contributed by atoms with van der Waals surface area (Å²) in [5.41, 5.74) is 2.30. The van der Waals surface area contributed by atoms with Gasteiger partial charge >= 0.3 is 0 Å². The molecule has 0 fully saturated rings. The first kappa shape index (κ1) is 16.3. The Morgan fingerprint density at radius 1 is 1.18 bits per heavy atom. The van der Waals surface area contributed by atoms with Gasteiger partial charge in [-0.2, -0.15) is 0 Å². The van der Waals surface area contributed by atoms with Gasteiger partial charge in [0.2, 0.25) is 0 Å². The summed E-state index contributed by atoms with van der Waals surface area (Å²) in [6, 6.07) is 9.14. The summed E-state index contributed by atoms with van der Waals surface area (Å²) in [5.74, 6) is -0.0765. The van der Waals surface area contributed by atoms with Crippen molar-refractivity contribution in [2.24, 2.45) is 0 Å². The van der Waals surface area contributed by atoms with E-state index in [9.17, 15) is 9.18 Å². The summed E-state index contributed by atoms with van der Waals surface area (Å²) in [6.45, 7) is 5.41. The zero-order valence-electron chi connectivity index (χ0n) is 12.6. The fourth-order valence-electron chi connectivity index (χ4n) is 2.01. The third-order valence-corrected chi connectivity index (χ3v) is 3.80. The molecule has 22 heavy (non-hydrogen) atoms. The summed E-state index contributed by atoms with van der Waals surface area (Å²) < 4.78 is 18.5. The average Bonchev–Trinajstić information content (AvgIpc) is 2.47. The molecular formula is C17H17ClFNO2. The van der Waals surface area contributed by atoms with Gasteiger partial charge in [0.25, 0.3) is 5.91 Å². The van der Waals surface area contributed by atoms with Crippen LogP contribution >= 0.6 is 11.6 Å². The van der Waals surface area contributed by atoms with Crippen LogP contribution in [-0.4, -0.2) is 12.0 Å². The molecular weight excluding hydrogens is 305 g/mol. The maximum atomic E-state index is 12.8. The summed E-state index contributed by atoms with van der Waals surface area (Å²) in [6.07, 6.45) is -0.690. The number of anilines is 1. The predicted octanol–water partition coefficient (Wildman–Crippen LogP) is 4.50. The van der Waals surface area contributed by atoms with Gasteiger partial charge in [-0.1, -0.05) is 11.6 Å². The third kappa shape index (κ3) is 3.98. The molecule has 0 radical (unpaired) electrons. The van der Waals surface area contributed by atoms with Gasteiger partial charge in [-0.05, 0) is 68.3 Å². The smallest absolute Gasteiger partial charge is 0.265 e. The Bertz CT molecular complexity index is 663. The summed E-state index contributed by atoms with van der Waals surface area (Å²) in [7, 11) is 0. The Morgan fingerprint density at radius 2 is 1.73 bits per heavy atom. The standard InChI is InChI=1S/C17H17ClFNO2/c1-10-8-15(9-11(2)16(10)18)22-12(3)17(21)20-14-6-4-13(19)5-7-14/h4-9,12H,1-3H3,(H,20,21)/t12-/m1/s1. The minimum absolute atomic E-state index is 0.308. The number of halogens is 2. The molecule has 0 aliphatic rings. The molecule has 0 aliphatic carbocycles. The van der Waals surface area contributed by atoms with Crippen LogP contribution in [-0.2, 0) is 4.79 Å². The van der Waals surface area contributed by atoms with Gasteiger partial charge in [-0.15, -0.1) is 0 Å². The molecule has 2 aromatic rings. The average molecular weight is 322 g/mol. The van der Waals surface area contributed by atoms with Crippen LogP contribution in [0.4, 0.5) is 10.1 Å². The summed E-state index contributed by atoms with van der Waals surface area (Å²) in [4.78, 5) is 12.1. The van der Waals surface area contributed by atoms with Crippen molar-refractivity contribution in [1.29, 1.82) is 0 Å². The van der Waals surface area contributed by atoms with Crippen molar-refractivity contribution < 1.29 is 13.9 Å². The quantitative estimate of drug-likeness (QED) is 0.900. The number of hydrogen-bond donors (Lipinski definition) is 1. The highest BCUT2D eigenvalue weighted by Crippen LogP contribution is 2.26. The Labute approximate surface area is 134 Å². The van der Waals surface area contributed by atoms with Crippen LogP contribution in [0.1, 0.15) is 18.1 Å². The number of benzene rings is 2. The second-order valence-electron chi connectivity index (χ2n) is 5.13. The third-order valence-electron chi connectivity index (χ3n) is 3.20. The lowest BCUT2D eigenvalue weighted by molar-refractivity contribution is -0.122. The van der Waals surface area contributed by atoms with Gasteiger partial charge in [0, 0.05) is 10.7 Å². The molecule has 3 nitrogen and oxygen atoms in total. The molecule has 2 aromatic carbocycles. The molecule has 2 rings (SSSR count). The number of ether oxygens (including phenoxy) is 1. The predicted molar refractivity (Wildman–Crippen MR) is 86.0 cm³/mol. The molecule has 0 aliphatic heterocycles. The van der Waals surface area contributed by atoms with Crippen molar-refractivity contribution >= 4 is 23.2 Å². The van der Waals surface area contributed by atoms with E-state index in [1.807, 2.05) is 13.8 Å². The zero-order chi connectivity index (χ0) is 16.3. The number of amides is 1. The Morgan fingerprint density at radius 3 is 2.27 bits per heavy atom. The summed E-state index contributed by atoms with van der Waals surface area (Å²) in [5, 5.41) is 3.36. The Hall–Kier alpha value is -2.07. The van der Waals surface area contributed by atoms with Crippen LogP contribution in [0.15, 0.2) is 36.4 Å². The molecule has 5 heteroatoms. The lowest BCUT2D eigenvalue weighted by Gasteiger charge is -2.16. The van der Waals surface area contributed by atoms with Crippen LogP contribution in [0.2, 0.25) is 5.02 Å². The molecule has 116 valence electrons. The van der Waals surface area contributed by atoms with E-state index in [2.05, 4.69) is 5.32 Å². The molecule has 1 N–H and O–H groups in total. The number of nitrogens with one attached hydrogen (secondary N) is 1. The van der Waals surface area contributed by atoms with E-state index >= 15 is 0 Å². The molecule has 1 amide bonds. The van der Waals surface area contributed by atoms with Gasteiger partial charge in [0.05, 0.1) is 0 Å². The van der Waals surface area contributed by atoms with Gasteiger partial charge in [0.1, 0.15) is 11.6 Å². The first-order valence-electron chi connectivity index (χ1n) is 6.86. The molecule has 0 spiro atoms. The molecule has 1 atom stereocenters. The molecule has 0 unspecified atom stereocenters. The lowest BCUT2D eigenvalue weighted by atomic mass is 10.1. The van der Waals surface area contributed by atoms with E-state index in [1.165, 1.54) is 24.3 Å². The van der Waals surface area contributed by atoms with Crippen LogP contribution in [0.25, 0.3) is 0 Å². The maximum absolute atomic E-state index is 12.8. The van der Waals surface area contributed by atoms with Gasteiger partial charge in [-0.25, -0.2) is 4.39 Å². The number of carbonyl (C=O) groups is 1. The molecule has 0 saturated carbocycles. The fraction of sp³-hybridized carbons (Fsp3) is 0.235. The number of aryl methyl sites for hydroxylation is 2. The van der Waals surface area contributed by atoms with Crippen molar-refractivity contribution in [2.45, 2.75) is 26.9 Å². The van der Waals surface area contributed by atoms with E-state index in [0.717, 1.165) is 11.1 Å². The highest BCUT2D eigenvalue weighted by atomic mass is 35.5. The topological polar surface area (TPSA) is 38.3 Å². The Kier molecular flexibility index (Phi) is 5.03. The second-order valence-corrected chi connectivity index (χ2v) is 5.51. The fourth-order valence-corrected chi connectivity index (χ4v) is 2.12. The number of rotatable bonds is 4. The van der Waals surface area contributed by atoms with Crippen molar-refractivity contribution in [1.82, 2.24) is 0 Å². The lowest BCUT2D eigenvalue weighted by Crippen LogP contribution is -2.30. The van der Waals surface area contributed by atoms with Crippen molar-refractivity contribution in [2.75, 3.05) is 5.32 Å². The zero-order valence-corrected chi connectivity index (χ0v) is 13.4. The van der Waals surface area contributed by atoms with E-state index < -0.39 is 6.10 Å². The van der Waals surface area contributed by atoms with Crippen LogP contribution < -0.4 is 10.1 Å². The second kappa shape index (κ2) is 6.79. The van der Waals surface area contributed by atoms with E-state index in [4.69, 9.17) is 16.3 Å². The highest BCUT2D eigenvalue weighted by molar-refractivity contribution is 6.32. The van der Waals surface area contributed by atoms with Crippen molar-refractivity contribution in [3.8, 4) is 5.75 Å². The minimum atomic E-state index is -0.690. The normalized spacial score (nSPS) is 11.9. The minimum Gasteiger partial charge on any atom is -0.481 e. The van der Waals surface area contributed by atoms with Gasteiger partial charge in [-0.3, -0.25) is 4.79 Å².